The Kier molecular flexibility index (Phi) is 29.3. The Morgan fingerprint density at radius 3 is 1.65 bits per heavy atom. The molecule has 2 aromatic rings. The van der Waals surface area contributed by atoms with Crippen LogP contribution in [0, 0.1) is 0 Å². The summed E-state index contributed by atoms with van der Waals surface area (Å²) in [7, 11) is 0. The maximum atomic E-state index is 12.5. The minimum Gasteiger partial charge on any atom is -0.481 e. The Morgan fingerprint density at radius 2 is 1.05 bits per heavy atom. The van der Waals surface area contributed by atoms with Gasteiger partial charge >= 0.3 is 47.8 Å². The van der Waals surface area contributed by atoms with E-state index in [9.17, 15) is 73.8 Å². The number of carbonyl (C=O) groups excluding carboxylic acids is 2. The molecule has 1 aromatic heterocycles. The molecule has 0 spiro atoms. The largest absolute Gasteiger partial charge is 0.481 e. The lowest BCUT2D eigenvalue weighted by molar-refractivity contribution is -0.142. The van der Waals surface area contributed by atoms with Gasteiger partial charge in [0.15, 0.2) is 0 Å². The zero-order valence-corrected chi connectivity index (χ0v) is 45.8. The highest BCUT2D eigenvalue weighted by atomic mass is 16.4. The van der Waals surface area contributed by atoms with E-state index in [0.717, 1.165) is 63.6 Å². The van der Waals surface area contributed by atoms with E-state index in [0.29, 0.717) is 75.1 Å². The van der Waals surface area contributed by atoms with Gasteiger partial charge in [0, 0.05) is 96.6 Å². The second-order valence-electron chi connectivity index (χ2n) is 20.3. The molecule has 3 amide bonds. The predicted molar refractivity (Wildman–Crippen MR) is 294 cm³/mol. The van der Waals surface area contributed by atoms with Crippen molar-refractivity contribution in [2.75, 3.05) is 114 Å². The summed E-state index contributed by atoms with van der Waals surface area (Å²) in [5, 5.41) is 80.4. The molecule has 4 rings (SSSR count). The summed E-state index contributed by atoms with van der Waals surface area (Å²) < 4.78 is 0. The van der Waals surface area contributed by atoms with Gasteiger partial charge in [-0.1, -0.05) is 44.2 Å². The van der Waals surface area contributed by atoms with E-state index in [2.05, 4.69) is 36.5 Å². The van der Waals surface area contributed by atoms with Crippen LogP contribution in [0.3, 0.4) is 0 Å². The molecular weight excluding hydrogens is 1060 g/mol. The van der Waals surface area contributed by atoms with Gasteiger partial charge in [0.1, 0.15) is 12.1 Å². The van der Waals surface area contributed by atoms with Crippen molar-refractivity contribution in [3.05, 3.63) is 29.8 Å². The molecule has 2 aliphatic rings. The van der Waals surface area contributed by atoms with Gasteiger partial charge in [0.25, 0.3) is 0 Å². The molecule has 3 atom stereocenters. The number of anilines is 4. The van der Waals surface area contributed by atoms with Gasteiger partial charge in [-0.15, -0.1) is 0 Å². The number of hydrogen-bond donors (Lipinski definition) is 12. The fraction of sp³-hybridized carbons (Fsp3) is 0.654. The molecule has 12 N–H and O–H groups in total. The van der Waals surface area contributed by atoms with Crippen molar-refractivity contribution in [1.82, 2.24) is 50.5 Å². The maximum Gasteiger partial charge on any atom is 0.326 e. The average molecular weight is 1140 g/mol. The smallest absolute Gasteiger partial charge is 0.326 e. The van der Waals surface area contributed by atoms with Crippen molar-refractivity contribution < 1.29 is 78.9 Å². The fourth-order valence-corrected chi connectivity index (χ4v) is 9.46. The van der Waals surface area contributed by atoms with Crippen LogP contribution in [0.15, 0.2) is 24.3 Å². The first-order chi connectivity index (χ1) is 38.7. The lowest BCUT2D eigenvalue weighted by Crippen LogP contribution is -2.53. The molecule has 1 unspecified atom stereocenters. The monoisotopic (exact) mass is 1140 g/mol. The Bertz CT molecular complexity index is 2360. The molecule has 0 aliphatic carbocycles. The summed E-state index contributed by atoms with van der Waals surface area (Å²) in [4.78, 5) is 129. The summed E-state index contributed by atoms with van der Waals surface area (Å²) in [6.07, 6.45) is 8.74. The number of piperidine rings is 1. The highest BCUT2D eigenvalue weighted by Crippen LogP contribution is 2.23. The number of nitrogens with zero attached hydrogens (tertiary/aromatic N) is 8. The van der Waals surface area contributed by atoms with E-state index in [-0.39, 0.29) is 90.7 Å². The normalized spacial score (nSPS) is 16.8. The first-order valence-corrected chi connectivity index (χ1v) is 27.6. The lowest BCUT2D eigenvalue weighted by Gasteiger charge is -2.37. The number of hydrogen-bond acceptors (Lipinski definition) is 19. The summed E-state index contributed by atoms with van der Waals surface area (Å²) in [6.45, 7) is 2.48. The molecule has 2 saturated heterocycles. The van der Waals surface area contributed by atoms with Crippen molar-refractivity contribution in [2.24, 2.45) is 0 Å². The summed E-state index contributed by atoms with van der Waals surface area (Å²) in [6, 6.07) is 3.10. The van der Waals surface area contributed by atoms with Crippen LogP contribution in [0.4, 0.5) is 28.3 Å². The maximum absolute atomic E-state index is 12.5. The molecular formula is C52H81N13O16. The number of aromatic nitrogens is 3. The molecule has 3 heterocycles. The summed E-state index contributed by atoms with van der Waals surface area (Å²) in [5.74, 6) is -7.15. The van der Waals surface area contributed by atoms with Crippen molar-refractivity contribution in [3.63, 3.8) is 0 Å². The highest BCUT2D eigenvalue weighted by Gasteiger charge is 2.29. The van der Waals surface area contributed by atoms with Crippen LogP contribution in [0.1, 0.15) is 102 Å². The number of amides is 3. The molecule has 450 valence electrons. The van der Waals surface area contributed by atoms with Crippen molar-refractivity contribution in [3.8, 4) is 0 Å². The van der Waals surface area contributed by atoms with E-state index < -0.39 is 72.4 Å². The Hall–Kier alpha value is -7.50. The van der Waals surface area contributed by atoms with E-state index >= 15 is 0 Å². The Balaban J connectivity index is 1.26. The Morgan fingerprint density at radius 1 is 0.519 bits per heavy atom. The van der Waals surface area contributed by atoms with Gasteiger partial charge in [-0.3, -0.25) is 48.4 Å². The molecule has 29 heteroatoms. The molecule has 0 radical (unpaired) electrons. The minimum absolute atomic E-state index is 0.0675. The van der Waals surface area contributed by atoms with Gasteiger partial charge in [0.2, 0.25) is 23.8 Å². The lowest BCUT2D eigenvalue weighted by atomic mass is 10.0. The molecule has 1 aromatic carbocycles. The molecule has 29 nitrogen and oxygen atoms in total. The number of rotatable bonds is 35. The molecule has 0 saturated carbocycles. The van der Waals surface area contributed by atoms with Gasteiger partial charge in [-0.2, -0.15) is 15.0 Å². The molecule has 0 bridgehead atoms. The SMILES string of the molecule is O=C(O)CC[C@H](NC(=O)N[C@@H](CCCCCNC(=O)CCCCCCCNc1nc(Nc2ccc(CC3CN(CC(=O)O)CCN(CC(=O)O)CCN(CC(=O)O)CCN3CC(=O)O)cc2)nc(N2CCCCC2)n1)C(=O)O)C(=O)O. The average Bonchev–Trinajstić information content (AvgIpc) is 3.41. The molecule has 2 aliphatic heterocycles. The second-order valence-corrected chi connectivity index (χ2v) is 20.3. The fourth-order valence-electron chi connectivity index (χ4n) is 9.46. The van der Waals surface area contributed by atoms with Crippen molar-refractivity contribution >= 4 is 77.3 Å². The third-order valence-electron chi connectivity index (χ3n) is 13.7. The van der Waals surface area contributed by atoms with Crippen molar-refractivity contribution in [2.45, 2.75) is 121 Å². The van der Waals surface area contributed by atoms with Crippen LogP contribution in [-0.2, 0) is 44.8 Å². The van der Waals surface area contributed by atoms with Gasteiger partial charge in [-0.25, -0.2) is 14.4 Å². The topological polar surface area (TPSA) is 410 Å². The zero-order chi connectivity index (χ0) is 59.1. The van der Waals surface area contributed by atoms with E-state index in [1.807, 2.05) is 24.3 Å². The quantitative estimate of drug-likeness (QED) is 0.0436. The van der Waals surface area contributed by atoms with Crippen LogP contribution >= 0.6 is 0 Å². The number of unbranched alkanes of at least 4 members (excludes halogenated alkanes) is 6. The van der Waals surface area contributed by atoms with E-state index in [1.54, 1.807) is 19.6 Å². The number of aliphatic carboxylic acids is 7. The number of carboxylic acids is 7. The predicted octanol–water partition coefficient (Wildman–Crippen LogP) is 1.58. The van der Waals surface area contributed by atoms with Crippen LogP contribution < -0.4 is 31.5 Å². The second kappa shape index (κ2) is 36.0. The van der Waals surface area contributed by atoms with Gasteiger partial charge < -0.3 is 67.2 Å². The number of nitrogens with one attached hydrogen (secondary N) is 5. The first kappa shape index (κ1) is 66.0. The zero-order valence-electron chi connectivity index (χ0n) is 45.8. The summed E-state index contributed by atoms with van der Waals surface area (Å²) in [5.41, 5.74) is 1.49. The van der Waals surface area contributed by atoms with Crippen LogP contribution in [-0.4, -0.2) is 240 Å². The van der Waals surface area contributed by atoms with Crippen LogP contribution in [0.2, 0.25) is 0 Å². The standard InChI is InChI=1S/C52H81N13O16/c66-41(53-20-9-4-6-12-39(47(77)78)56-52(81)57-40(48(79)80)18-19-42(67)68)13-7-2-1-3-8-21-54-49-58-50(60-51(59-49)64-22-10-5-11-23-64)55-37-16-14-36(15-17-37)30-38-31-63(34-45(73)74)27-26-61(32-43(69)70)24-25-62(33-44(71)72)28-29-65(38)35-46(75)76/h14-17,38-40H,1-13,18-35H2,(H,53,66)(H,67,68)(H,69,70)(H,71,72)(H,73,74)(H,75,76)(H,77,78)(H,79,80)(H2,56,57,81)(H2,54,55,58,59,60)/t38?,39-,40-/m0/s1. The Labute approximate surface area is 469 Å². The number of urea groups is 1. The molecule has 81 heavy (non-hydrogen) atoms. The molecule has 2 fully saturated rings. The van der Waals surface area contributed by atoms with E-state index in [1.165, 1.54) is 0 Å². The van der Waals surface area contributed by atoms with Crippen LogP contribution in [0.5, 0.6) is 0 Å². The van der Waals surface area contributed by atoms with Crippen LogP contribution in [0.25, 0.3) is 0 Å². The number of benzene rings is 1. The van der Waals surface area contributed by atoms with E-state index in [4.69, 9.17) is 15.1 Å². The number of carbonyl (C=O) groups is 9. The third kappa shape index (κ3) is 27.5. The highest BCUT2D eigenvalue weighted by molar-refractivity contribution is 5.86. The summed E-state index contributed by atoms with van der Waals surface area (Å²) >= 11 is 0. The number of carboxylic acid groups (broad SMARTS) is 7. The van der Waals surface area contributed by atoms with Gasteiger partial charge in [-0.05, 0) is 75.5 Å². The minimum atomic E-state index is -1.49. The first-order valence-electron chi connectivity index (χ1n) is 27.6. The third-order valence-corrected chi connectivity index (χ3v) is 13.7. The van der Waals surface area contributed by atoms with Gasteiger partial charge in [0.05, 0.1) is 26.2 Å². The van der Waals surface area contributed by atoms with Crippen molar-refractivity contribution in [1.29, 1.82) is 0 Å².